The Morgan fingerprint density at radius 3 is 2.83 bits per heavy atom. The van der Waals surface area contributed by atoms with Crippen molar-refractivity contribution in [2.75, 3.05) is 20.3 Å². The molecule has 1 aliphatic rings. The average Bonchev–Trinajstić information content (AvgIpc) is 2.54. The molecule has 3 heteroatoms. The third kappa shape index (κ3) is 2.19. The Kier molecular flexibility index (Phi) is 3.50. The summed E-state index contributed by atoms with van der Waals surface area (Å²) < 4.78 is 5.19. The molecule has 2 N–H and O–H groups in total. The number of ether oxygens (including phenoxy) is 1. The molecule has 72 valence electrons. The van der Waals surface area contributed by atoms with Crippen LogP contribution in [0.5, 0.6) is 0 Å². The molecule has 0 aromatic carbocycles. The van der Waals surface area contributed by atoms with Gasteiger partial charge >= 0.3 is 0 Å². The Hall–Kier alpha value is -0.120. The molecule has 0 radical (unpaired) electrons. The molecule has 0 saturated carbocycles. The molecule has 1 fully saturated rings. The molecule has 3 nitrogen and oxygen atoms in total. The van der Waals surface area contributed by atoms with Crippen molar-refractivity contribution in [2.24, 2.45) is 0 Å². The van der Waals surface area contributed by atoms with Gasteiger partial charge in [-0.05, 0) is 32.7 Å². The summed E-state index contributed by atoms with van der Waals surface area (Å²) in [5.41, 5.74) is -0.0601. The highest BCUT2D eigenvalue weighted by Gasteiger charge is 2.33. The summed E-state index contributed by atoms with van der Waals surface area (Å²) in [6.07, 6.45) is 3.36. The van der Waals surface area contributed by atoms with Crippen molar-refractivity contribution < 1.29 is 9.84 Å². The zero-order valence-corrected chi connectivity index (χ0v) is 7.97. The highest BCUT2D eigenvalue weighted by atomic mass is 16.5. The van der Waals surface area contributed by atoms with Crippen LogP contribution < -0.4 is 5.32 Å². The number of hydrogen-bond donors (Lipinski definition) is 2. The van der Waals surface area contributed by atoms with Gasteiger partial charge in [-0.3, -0.25) is 0 Å². The normalized spacial score (nSPS) is 32.2. The summed E-state index contributed by atoms with van der Waals surface area (Å²) in [6, 6.07) is 0. The van der Waals surface area contributed by atoms with Crippen LogP contribution in [0.1, 0.15) is 26.2 Å². The number of rotatable bonds is 4. The van der Waals surface area contributed by atoms with Crippen LogP contribution in [0.25, 0.3) is 0 Å². The second kappa shape index (κ2) is 4.21. The van der Waals surface area contributed by atoms with Gasteiger partial charge < -0.3 is 15.2 Å². The molecular weight excluding hydrogens is 154 g/mol. The fourth-order valence-electron chi connectivity index (χ4n) is 1.88. The van der Waals surface area contributed by atoms with E-state index in [1.54, 1.807) is 7.11 Å². The zero-order valence-electron chi connectivity index (χ0n) is 7.97. The van der Waals surface area contributed by atoms with Gasteiger partial charge in [0, 0.05) is 12.6 Å². The van der Waals surface area contributed by atoms with Gasteiger partial charge in [0.15, 0.2) is 0 Å². The van der Waals surface area contributed by atoms with Crippen LogP contribution in [0.15, 0.2) is 0 Å². The molecule has 0 aromatic heterocycles. The average molecular weight is 173 g/mol. The van der Waals surface area contributed by atoms with Gasteiger partial charge in [0.05, 0.1) is 12.7 Å². The lowest BCUT2D eigenvalue weighted by Gasteiger charge is -2.29. The van der Waals surface area contributed by atoms with Gasteiger partial charge in [0.25, 0.3) is 0 Å². The molecule has 12 heavy (non-hydrogen) atoms. The van der Waals surface area contributed by atoms with Crippen LogP contribution >= 0.6 is 0 Å². The molecule has 2 unspecified atom stereocenters. The van der Waals surface area contributed by atoms with Gasteiger partial charge in [-0.1, -0.05) is 0 Å². The standard InChI is InChI=1S/C9H19NO2/c1-8(12-2)6-9(7-11)4-3-5-10-9/h8,10-11H,3-7H2,1-2H3. The van der Waals surface area contributed by atoms with Crippen molar-refractivity contribution in [2.45, 2.75) is 37.8 Å². The molecule has 0 amide bonds. The first-order chi connectivity index (χ1) is 5.72. The van der Waals surface area contributed by atoms with E-state index in [0.717, 1.165) is 25.8 Å². The first-order valence-electron chi connectivity index (χ1n) is 4.61. The van der Waals surface area contributed by atoms with E-state index in [9.17, 15) is 5.11 Å². The summed E-state index contributed by atoms with van der Waals surface area (Å²) in [6.45, 7) is 3.29. The molecule has 2 atom stereocenters. The maximum atomic E-state index is 9.24. The van der Waals surface area contributed by atoms with E-state index in [0.29, 0.717) is 0 Å². The van der Waals surface area contributed by atoms with E-state index >= 15 is 0 Å². The lowest BCUT2D eigenvalue weighted by molar-refractivity contribution is 0.0621. The minimum Gasteiger partial charge on any atom is -0.394 e. The minimum atomic E-state index is -0.0601. The molecule has 1 saturated heterocycles. The second-order valence-electron chi connectivity index (χ2n) is 3.72. The summed E-state index contributed by atoms with van der Waals surface area (Å²) in [4.78, 5) is 0. The van der Waals surface area contributed by atoms with Crippen LogP contribution in [0.4, 0.5) is 0 Å². The summed E-state index contributed by atoms with van der Waals surface area (Å²) >= 11 is 0. The van der Waals surface area contributed by atoms with Crippen LogP contribution in [0.3, 0.4) is 0 Å². The third-order valence-corrected chi connectivity index (χ3v) is 2.72. The van der Waals surface area contributed by atoms with Gasteiger partial charge in [-0.25, -0.2) is 0 Å². The molecule has 0 bridgehead atoms. The highest BCUT2D eigenvalue weighted by Crippen LogP contribution is 2.24. The van der Waals surface area contributed by atoms with Gasteiger partial charge in [0.1, 0.15) is 0 Å². The van der Waals surface area contributed by atoms with E-state index in [2.05, 4.69) is 5.32 Å². The molecule has 1 rings (SSSR count). The predicted octanol–water partition coefficient (Wildman–Crippen LogP) is 0.526. The Balaban J connectivity index is 2.43. The van der Waals surface area contributed by atoms with Gasteiger partial charge in [-0.2, -0.15) is 0 Å². The second-order valence-corrected chi connectivity index (χ2v) is 3.72. The Bertz CT molecular complexity index is 132. The van der Waals surface area contributed by atoms with Crippen molar-refractivity contribution in [3.05, 3.63) is 0 Å². The van der Waals surface area contributed by atoms with Crippen LogP contribution in [-0.4, -0.2) is 37.0 Å². The number of nitrogens with one attached hydrogen (secondary N) is 1. The summed E-state index contributed by atoms with van der Waals surface area (Å²) in [5, 5.41) is 12.6. The topological polar surface area (TPSA) is 41.5 Å². The van der Waals surface area contributed by atoms with Crippen molar-refractivity contribution in [3.63, 3.8) is 0 Å². The maximum absolute atomic E-state index is 9.24. The van der Waals surface area contributed by atoms with E-state index in [1.165, 1.54) is 0 Å². The Labute approximate surface area is 74.1 Å². The van der Waals surface area contributed by atoms with E-state index in [1.807, 2.05) is 6.92 Å². The first kappa shape index (κ1) is 9.96. The van der Waals surface area contributed by atoms with Crippen molar-refractivity contribution >= 4 is 0 Å². The van der Waals surface area contributed by atoms with Crippen molar-refractivity contribution in [1.82, 2.24) is 5.32 Å². The number of aliphatic hydroxyl groups excluding tert-OH is 1. The molecule has 0 aromatic rings. The monoisotopic (exact) mass is 173 g/mol. The predicted molar refractivity (Wildman–Crippen MR) is 48.1 cm³/mol. The molecule has 0 spiro atoms. The van der Waals surface area contributed by atoms with Crippen LogP contribution in [0, 0.1) is 0 Å². The smallest absolute Gasteiger partial charge is 0.0614 e. The first-order valence-corrected chi connectivity index (χ1v) is 4.61. The Morgan fingerprint density at radius 1 is 1.67 bits per heavy atom. The minimum absolute atomic E-state index is 0.0601. The Morgan fingerprint density at radius 2 is 2.42 bits per heavy atom. The van der Waals surface area contributed by atoms with E-state index in [-0.39, 0.29) is 18.2 Å². The van der Waals surface area contributed by atoms with Crippen molar-refractivity contribution in [1.29, 1.82) is 0 Å². The maximum Gasteiger partial charge on any atom is 0.0614 e. The van der Waals surface area contributed by atoms with Crippen LogP contribution in [0.2, 0.25) is 0 Å². The van der Waals surface area contributed by atoms with Gasteiger partial charge in [-0.15, -0.1) is 0 Å². The SMILES string of the molecule is COC(C)CC1(CO)CCCN1. The van der Waals surface area contributed by atoms with Crippen LogP contribution in [-0.2, 0) is 4.74 Å². The lowest BCUT2D eigenvalue weighted by atomic mass is 9.92. The molecule has 1 heterocycles. The molecule has 1 aliphatic heterocycles. The van der Waals surface area contributed by atoms with Crippen molar-refractivity contribution in [3.8, 4) is 0 Å². The number of aliphatic hydroxyl groups is 1. The zero-order chi connectivity index (χ0) is 9.03. The quantitative estimate of drug-likeness (QED) is 0.651. The fraction of sp³-hybridized carbons (Fsp3) is 1.00. The molecule has 0 aliphatic carbocycles. The van der Waals surface area contributed by atoms with E-state index < -0.39 is 0 Å². The summed E-state index contributed by atoms with van der Waals surface area (Å²) in [7, 11) is 1.71. The third-order valence-electron chi connectivity index (χ3n) is 2.72. The highest BCUT2D eigenvalue weighted by molar-refractivity contribution is 4.93. The fourth-order valence-corrected chi connectivity index (χ4v) is 1.88. The lowest BCUT2D eigenvalue weighted by Crippen LogP contribution is -2.45. The largest absolute Gasteiger partial charge is 0.394 e. The number of methoxy groups -OCH3 is 1. The molecular formula is C9H19NO2. The summed E-state index contributed by atoms with van der Waals surface area (Å²) in [5.74, 6) is 0. The number of hydrogen-bond acceptors (Lipinski definition) is 3. The van der Waals surface area contributed by atoms with Gasteiger partial charge in [0.2, 0.25) is 0 Å². The van der Waals surface area contributed by atoms with E-state index in [4.69, 9.17) is 4.74 Å².